The van der Waals surface area contributed by atoms with Crippen molar-refractivity contribution in [3.8, 4) is 0 Å². The van der Waals surface area contributed by atoms with Crippen molar-refractivity contribution in [2.75, 3.05) is 0 Å². The number of rotatable bonds is 3. The van der Waals surface area contributed by atoms with E-state index in [4.69, 9.17) is 14.7 Å². The molecule has 122 valence electrons. The van der Waals surface area contributed by atoms with E-state index in [2.05, 4.69) is 9.21 Å². The van der Waals surface area contributed by atoms with Gasteiger partial charge in [-0.05, 0) is 20.8 Å². The maximum Gasteiger partial charge on any atom is 0.519 e. The fourth-order valence-electron chi connectivity index (χ4n) is 2.67. The number of aryl methyl sites for hydroxylation is 1. The van der Waals surface area contributed by atoms with Crippen LogP contribution in [0.2, 0.25) is 0 Å². The molecule has 1 aromatic heterocycles. The van der Waals surface area contributed by atoms with Crippen molar-refractivity contribution in [2.45, 2.75) is 43.5 Å². The highest BCUT2D eigenvalue weighted by molar-refractivity contribution is 8.02. The van der Waals surface area contributed by atoms with E-state index in [-0.39, 0.29) is 23.8 Å². The summed E-state index contributed by atoms with van der Waals surface area (Å²) in [6, 6.07) is -0.825. The molecule has 23 heavy (non-hydrogen) atoms. The third-order valence-electron chi connectivity index (χ3n) is 3.80. The minimum atomic E-state index is -0.868. The first-order chi connectivity index (χ1) is 10.8. The average molecular weight is 339 g/mol. The van der Waals surface area contributed by atoms with E-state index in [0.717, 1.165) is 0 Å². The lowest BCUT2D eigenvalue weighted by Gasteiger charge is -2.33. The van der Waals surface area contributed by atoms with Crippen LogP contribution >= 0.6 is 11.8 Å². The Kier molecular flexibility index (Phi) is 3.46. The molecule has 2 fully saturated rings. The summed E-state index contributed by atoms with van der Waals surface area (Å²) in [7, 11) is 0. The molecule has 1 aromatic rings. The maximum atomic E-state index is 12.4. The van der Waals surface area contributed by atoms with Crippen molar-refractivity contribution < 1.29 is 28.0 Å². The Morgan fingerprint density at radius 2 is 2.13 bits per heavy atom. The highest BCUT2D eigenvalue weighted by Crippen LogP contribution is 2.49. The summed E-state index contributed by atoms with van der Waals surface area (Å²) in [6.07, 6.45) is 0. The minimum Gasteiger partial charge on any atom is -0.456 e. The molecular formula is C13H13N3O6S. The Hall–Kier alpha value is -2.32. The van der Waals surface area contributed by atoms with E-state index in [0.29, 0.717) is 0 Å². The second-order valence-corrected chi connectivity index (χ2v) is 7.45. The van der Waals surface area contributed by atoms with Gasteiger partial charge >= 0.3 is 23.4 Å². The van der Waals surface area contributed by atoms with Crippen molar-refractivity contribution >= 4 is 29.4 Å². The summed E-state index contributed by atoms with van der Waals surface area (Å²) in [5, 5.41) is -0.464. The molecule has 2 aliphatic heterocycles. The zero-order valence-electron chi connectivity index (χ0n) is 12.6. The Morgan fingerprint density at radius 3 is 2.70 bits per heavy atom. The number of fused-ring (bicyclic) bond motifs is 1. The molecule has 0 bridgehead atoms. The Bertz CT molecular complexity index is 803. The smallest absolute Gasteiger partial charge is 0.456 e. The van der Waals surface area contributed by atoms with Crippen molar-refractivity contribution in [1.82, 2.24) is 4.90 Å². The molecule has 0 spiro atoms. The molecule has 2 aliphatic rings. The molecule has 0 N–H and O–H groups in total. The van der Waals surface area contributed by atoms with Gasteiger partial charge in [-0.25, -0.2) is 9.59 Å². The lowest BCUT2D eigenvalue weighted by Crippen LogP contribution is -2.63. The summed E-state index contributed by atoms with van der Waals surface area (Å²) in [5.74, 6) is -1.64. The van der Waals surface area contributed by atoms with E-state index in [1.807, 2.05) is 0 Å². The molecule has 10 heteroatoms. The highest BCUT2D eigenvalue weighted by Gasteiger charge is 2.67. The second kappa shape index (κ2) is 5.10. The monoisotopic (exact) mass is 339 g/mol. The number of carbonyl (C=O) groups excluding carboxylic acids is 2. The molecular weight excluding hydrogens is 326 g/mol. The van der Waals surface area contributed by atoms with Gasteiger partial charge in [0.25, 0.3) is 0 Å². The SMILES string of the molecule is Cc1oc(=O)oc1COC(=O)[C@@H]1N2C(=O)C(=[N+]=[N-])[C@H]2SC1(C)C. The molecule has 9 nitrogen and oxygen atoms in total. The quantitative estimate of drug-likeness (QED) is 0.336. The van der Waals surface area contributed by atoms with E-state index in [1.54, 1.807) is 13.8 Å². The van der Waals surface area contributed by atoms with E-state index < -0.39 is 33.9 Å². The lowest BCUT2D eigenvalue weighted by atomic mass is 9.97. The van der Waals surface area contributed by atoms with Crippen LogP contribution in [0.3, 0.4) is 0 Å². The maximum absolute atomic E-state index is 12.4. The van der Waals surface area contributed by atoms with Crippen molar-refractivity contribution in [3.63, 3.8) is 0 Å². The normalized spacial score (nSPS) is 24.9. The van der Waals surface area contributed by atoms with Crippen molar-refractivity contribution in [2.24, 2.45) is 0 Å². The van der Waals surface area contributed by atoms with Crippen LogP contribution in [0.1, 0.15) is 25.4 Å². The fourth-order valence-corrected chi connectivity index (χ4v) is 4.18. The van der Waals surface area contributed by atoms with E-state index >= 15 is 0 Å². The van der Waals surface area contributed by atoms with Crippen LogP contribution in [0.4, 0.5) is 0 Å². The van der Waals surface area contributed by atoms with Gasteiger partial charge in [0.05, 0.1) is 0 Å². The van der Waals surface area contributed by atoms with Crippen LogP contribution < -0.4 is 5.82 Å². The zero-order valence-corrected chi connectivity index (χ0v) is 13.4. The van der Waals surface area contributed by atoms with Crippen LogP contribution in [0.5, 0.6) is 0 Å². The van der Waals surface area contributed by atoms with Crippen molar-refractivity contribution in [3.05, 3.63) is 27.7 Å². The van der Waals surface area contributed by atoms with Gasteiger partial charge < -0.3 is 19.1 Å². The molecule has 2 saturated heterocycles. The first-order valence-corrected chi connectivity index (χ1v) is 7.62. The summed E-state index contributed by atoms with van der Waals surface area (Å²) >= 11 is 1.34. The molecule has 0 aliphatic carbocycles. The van der Waals surface area contributed by atoms with Crippen LogP contribution in [-0.2, 0) is 20.9 Å². The van der Waals surface area contributed by atoms with Gasteiger partial charge in [0, 0.05) is 4.75 Å². The minimum absolute atomic E-state index is 0.0232. The standard InChI is InChI=1S/C13H13N3O6S/c1-5-6(22-12(19)21-5)4-20-11(18)8-13(2,3)23-10-7(15-14)9(17)16(8)10/h8,10H,4H2,1-3H3/t8-,10+/m0/s1. The zero-order chi connectivity index (χ0) is 16.9. The second-order valence-electron chi connectivity index (χ2n) is 5.72. The molecule has 0 aromatic carbocycles. The average Bonchev–Trinajstić information content (AvgIpc) is 2.91. The predicted molar refractivity (Wildman–Crippen MR) is 76.5 cm³/mol. The van der Waals surface area contributed by atoms with Crippen LogP contribution in [0.25, 0.3) is 5.53 Å². The summed E-state index contributed by atoms with van der Waals surface area (Å²) in [6.45, 7) is 4.85. The van der Waals surface area contributed by atoms with Gasteiger partial charge in [0.1, 0.15) is 6.04 Å². The Morgan fingerprint density at radius 1 is 1.43 bits per heavy atom. The topological polar surface area (TPSA) is 126 Å². The van der Waals surface area contributed by atoms with Gasteiger partial charge in [-0.1, -0.05) is 0 Å². The largest absolute Gasteiger partial charge is 0.519 e. The van der Waals surface area contributed by atoms with Crippen molar-refractivity contribution in [1.29, 1.82) is 0 Å². The molecule has 3 heterocycles. The number of ether oxygens (including phenoxy) is 1. The first-order valence-electron chi connectivity index (χ1n) is 6.74. The van der Waals surface area contributed by atoms with Gasteiger partial charge in [0.2, 0.25) is 0 Å². The third kappa shape index (κ3) is 2.30. The Labute approximate surface area is 134 Å². The number of esters is 1. The first kappa shape index (κ1) is 15.6. The molecule has 1 amide bonds. The Balaban J connectivity index is 1.76. The van der Waals surface area contributed by atoms with Crippen LogP contribution in [-0.4, -0.2) is 43.4 Å². The van der Waals surface area contributed by atoms with E-state index in [9.17, 15) is 14.4 Å². The summed E-state index contributed by atoms with van der Waals surface area (Å²) in [4.78, 5) is 39.6. The van der Waals surface area contributed by atoms with Crippen LogP contribution in [0, 0.1) is 6.92 Å². The number of nitrogens with zero attached hydrogens (tertiary/aromatic N) is 3. The number of hydrogen-bond acceptors (Lipinski definition) is 7. The molecule has 3 rings (SSSR count). The summed E-state index contributed by atoms with van der Waals surface area (Å²) < 4.78 is 14.0. The number of β-lactam (4-membered cyclic amide) rings is 1. The number of carbonyl (C=O) groups is 2. The fraction of sp³-hybridized carbons (Fsp3) is 0.538. The molecule has 2 atom stereocenters. The molecule has 0 saturated carbocycles. The van der Waals surface area contributed by atoms with Gasteiger partial charge in [-0.3, -0.25) is 9.69 Å². The van der Waals surface area contributed by atoms with Crippen LogP contribution in [0.15, 0.2) is 13.6 Å². The number of thioether (sulfide) groups is 1. The lowest BCUT2D eigenvalue weighted by molar-refractivity contribution is -0.159. The van der Waals surface area contributed by atoms with E-state index in [1.165, 1.54) is 23.6 Å². The van der Waals surface area contributed by atoms with Gasteiger partial charge in [0.15, 0.2) is 23.5 Å². The molecule has 0 radical (unpaired) electrons. The van der Waals surface area contributed by atoms with Gasteiger partial charge in [-0.15, -0.1) is 11.8 Å². The number of amides is 1. The van der Waals surface area contributed by atoms with Gasteiger partial charge in [-0.2, -0.15) is 4.79 Å². The molecule has 0 unspecified atom stereocenters. The number of hydrogen-bond donors (Lipinski definition) is 0. The third-order valence-corrected chi connectivity index (χ3v) is 5.31. The highest BCUT2D eigenvalue weighted by atomic mass is 32.2. The summed E-state index contributed by atoms with van der Waals surface area (Å²) in [5.41, 5.74) is 8.87. The predicted octanol–water partition coefficient (Wildman–Crippen LogP) is 0.318.